The number of ether oxygens (including phenoxy) is 1. The zero-order valence-electron chi connectivity index (χ0n) is 20.7. The van der Waals surface area contributed by atoms with Crippen LogP contribution in [0.3, 0.4) is 0 Å². The fourth-order valence-corrected chi connectivity index (χ4v) is 5.93. The Morgan fingerprint density at radius 3 is 2.53 bits per heavy atom. The predicted octanol–water partition coefficient (Wildman–Crippen LogP) is 3.85. The van der Waals surface area contributed by atoms with Crippen molar-refractivity contribution >= 4 is 45.9 Å². The lowest BCUT2D eigenvalue weighted by molar-refractivity contribution is -0.130. The number of piperazine rings is 1. The van der Waals surface area contributed by atoms with Crippen LogP contribution in [0, 0.1) is 13.8 Å². The molecule has 1 aliphatic heterocycles. The second-order valence-corrected chi connectivity index (χ2v) is 10.9. The van der Waals surface area contributed by atoms with Gasteiger partial charge in [0.05, 0.1) is 29.7 Å². The average Bonchev–Trinajstić information content (AvgIpc) is 3.30. The van der Waals surface area contributed by atoms with Gasteiger partial charge < -0.3 is 25.0 Å². The number of methoxy groups -OCH3 is 1. The van der Waals surface area contributed by atoms with Gasteiger partial charge in [0.15, 0.2) is 5.13 Å². The van der Waals surface area contributed by atoms with E-state index in [2.05, 4.69) is 15.3 Å². The molecule has 2 aromatic heterocycles. The standard InChI is InChI=1S/C25H29N5O4S2/c1-15-9-20(34-4)19(24(33)30-7-5-29(6-8-30)17(3)32)12-21(15)35-23-13-26-25(36-23)28-22-11-18(14-31)10-16(2)27-22/h9-13,31H,5-8,14H2,1-4H3,(H,26,27,28). The third kappa shape index (κ3) is 5.97. The lowest BCUT2D eigenvalue weighted by Crippen LogP contribution is -2.50. The molecule has 3 heterocycles. The number of anilines is 2. The van der Waals surface area contributed by atoms with E-state index < -0.39 is 0 Å². The number of thiazole rings is 1. The Morgan fingerprint density at radius 1 is 1.14 bits per heavy atom. The van der Waals surface area contributed by atoms with Gasteiger partial charge in [0.25, 0.3) is 5.91 Å². The van der Waals surface area contributed by atoms with Crippen LogP contribution < -0.4 is 10.1 Å². The quantitative estimate of drug-likeness (QED) is 0.477. The number of pyridine rings is 1. The molecule has 1 fully saturated rings. The molecule has 1 aromatic carbocycles. The molecule has 0 saturated carbocycles. The van der Waals surface area contributed by atoms with Crippen molar-refractivity contribution in [3.8, 4) is 5.75 Å². The van der Waals surface area contributed by atoms with Gasteiger partial charge in [0.2, 0.25) is 5.91 Å². The molecule has 0 atom stereocenters. The number of aliphatic hydroxyl groups excluding tert-OH is 1. The third-order valence-electron chi connectivity index (χ3n) is 5.87. The minimum Gasteiger partial charge on any atom is -0.496 e. The molecule has 1 aliphatic rings. The van der Waals surface area contributed by atoms with Crippen LogP contribution in [0.4, 0.5) is 10.9 Å². The maximum Gasteiger partial charge on any atom is 0.257 e. The van der Waals surface area contributed by atoms with Gasteiger partial charge in [-0.05, 0) is 49.2 Å². The smallest absolute Gasteiger partial charge is 0.257 e. The third-order valence-corrected chi connectivity index (χ3v) is 8.04. The summed E-state index contributed by atoms with van der Waals surface area (Å²) in [6.45, 7) is 7.40. The number of nitrogens with zero attached hydrogens (tertiary/aromatic N) is 4. The molecule has 0 aliphatic carbocycles. The summed E-state index contributed by atoms with van der Waals surface area (Å²) >= 11 is 3.01. The van der Waals surface area contributed by atoms with Crippen LogP contribution in [0.15, 0.2) is 39.6 Å². The molecule has 1 saturated heterocycles. The largest absolute Gasteiger partial charge is 0.496 e. The first kappa shape index (κ1) is 25.9. The van der Waals surface area contributed by atoms with Crippen LogP contribution in [-0.2, 0) is 11.4 Å². The Labute approximate surface area is 218 Å². The maximum absolute atomic E-state index is 13.3. The van der Waals surface area contributed by atoms with Gasteiger partial charge in [0, 0.05) is 43.7 Å². The van der Waals surface area contributed by atoms with E-state index in [9.17, 15) is 14.7 Å². The van der Waals surface area contributed by atoms with Crippen molar-refractivity contribution in [3.05, 3.63) is 52.8 Å². The van der Waals surface area contributed by atoms with Crippen LogP contribution in [0.1, 0.15) is 34.1 Å². The van der Waals surface area contributed by atoms with E-state index in [-0.39, 0.29) is 18.4 Å². The van der Waals surface area contributed by atoms with Crippen LogP contribution >= 0.6 is 23.1 Å². The van der Waals surface area contributed by atoms with Gasteiger partial charge in [-0.1, -0.05) is 23.1 Å². The van der Waals surface area contributed by atoms with E-state index in [1.807, 2.05) is 32.0 Å². The minimum atomic E-state index is -0.103. The molecule has 11 heteroatoms. The zero-order chi connectivity index (χ0) is 25.8. The average molecular weight is 528 g/mol. The van der Waals surface area contributed by atoms with Crippen molar-refractivity contribution in [2.45, 2.75) is 36.5 Å². The highest BCUT2D eigenvalue weighted by molar-refractivity contribution is 8.01. The van der Waals surface area contributed by atoms with Crippen LogP contribution in [-0.4, -0.2) is 70.0 Å². The predicted molar refractivity (Wildman–Crippen MR) is 140 cm³/mol. The Balaban J connectivity index is 1.51. The number of hydrogen-bond acceptors (Lipinski definition) is 9. The van der Waals surface area contributed by atoms with Crippen molar-refractivity contribution in [1.82, 2.24) is 19.8 Å². The summed E-state index contributed by atoms with van der Waals surface area (Å²) in [4.78, 5) is 38.3. The summed E-state index contributed by atoms with van der Waals surface area (Å²) in [5, 5.41) is 13.3. The van der Waals surface area contributed by atoms with E-state index in [1.54, 1.807) is 36.1 Å². The molecule has 0 spiro atoms. The number of amides is 2. The Bertz CT molecular complexity index is 1270. The molecule has 36 heavy (non-hydrogen) atoms. The first-order chi connectivity index (χ1) is 17.3. The second-order valence-electron chi connectivity index (χ2n) is 8.49. The number of carbonyl (C=O) groups is 2. The number of aliphatic hydroxyl groups is 1. The summed E-state index contributed by atoms with van der Waals surface area (Å²) < 4.78 is 6.49. The Kier molecular flexibility index (Phi) is 8.12. The second kappa shape index (κ2) is 11.3. The number of hydrogen-bond donors (Lipinski definition) is 2. The normalized spacial score (nSPS) is 13.6. The van der Waals surface area contributed by atoms with Gasteiger partial charge in [-0.25, -0.2) is 9.97 Å². The van der Waals surface area contributed by atoms with Crippen molar-refractivity contribution in [3.63, 3.8) is 0 Å². The van der Waals surface area contributed by atoms with Gasteiger partial charge in [0.1, 0.15) is 11.6 Å². The molecule has 0 bridgehead atoms. The molecule has 2 N–H and O–H groups in total. The Morgan fingerprint density at radius 2 is 1.86 bits per heavy atom. The summed E-state index contributed by atoms with van der Waals surface area (Å²) in [6.07, 6.45) is 1.78. The Hall–Kier alpha value is -3.15. The zero-order valence-corrected chi connectivity index (χ0v) is 22.3. The van der Waals surface area contributed by atoms with Gasteiger partial charge in [-0.2, -0.15) is 0 Å². The number of nitrogens with one attached hydrogen (secondary N) is 1. The van der Waals surface area contributed by atoms with E-state index in [4.69, 9.17) is 4.74 Å². The highest BCUT2D eigenvalue weighted by Gasteiger charge is 2.26. The molecule has 9 nitrogen and oxygen atoms in total. The topological polar surface area (TPSA) is 108 Å². The lowest BCUT2D eigenvalue weighted by Gasteiger charge is -2.34. The van der Waals surface area contributed by atoms with Crippen molar-refractivity contribution < 1.29 is 19.4 Å². The molecule has 4 rings (SSSR count). The van der Waals surface area contributed by atoms with E-state index >= 15 is 0 Å². The number of aryl methyl sites for hydroxylation is 2. The van der Waals surface area contributed by atoms with Crippen molar-refractivity contribution in [2.75, 3.05) is 38.6 Å². The summed E-state index contributed by atoms with van der Waals surface area (Å²) in [7, 11) is 1.56. The minimum absolute atomic E-state index is 0.0270. The number of rotatable bonds is 7. The highest BCUT2D eigenvalue weighted by atomic mass is 32.2. The van der Waals surface area contributed by atoms with Crippen LogP contribution in [0.2, 0.25) is 0 Å². The van der Waals surface area contributed by atoms with Gasteiger partial charge in [-0.15, -0.1) is 0 Å². The van der Waals surface area contributed by atoms with Crippen molar-refractivity contribution in [1.29, 1.82) is 0 Å². The molecular weight excluding hydrogens is 498 g/mol. The highest BCUT2D eigenvalue weighted by Crippen LogP contribution is 2.39. The maximum atomic E-state index is 13.3. The van der Waals surface area contributed by atoms with Gasteiger partial charge in [-0.3, -0.25) is 9.59 Å². The number of benzene rings is 1. The molecule has 2 amide bonds. The summed E-state index contributed by atoms with van der Waals surface area (Å²) in [5.41, 5.74) is 3.09. The molecule has 3 aromatic rings. The van der Waals surface area contributed by atoms with Crippen molar-refractivity contribution in [2.24, 2.45) is 0 Å². The molecule has 0 radical (unpaired) electrons. The number of aromatic nitrogens is 2. The first-order valence-corrected chi connectivity index (χ1v) is 13.1. The fraction of sp³-hybridized carbons (Fsp3) is 0.360. The van der Waals surface area contributed by atoms with E-state index in [0.717, 1.165) is 25.9 Å². The monoisotopic (exact) mass is 527 g/mol. The lowest BCUT2D eigenvalue weighted by atomic mass is 10.1. The molecule has 0 unspecified atom stereocenters. The van der Waals surface area contributed by atoms with Gasteiger partial charge >= 0.3 is 0 Å². The first-order valence-electron chi connectivity index (χ1n) is 11.5. The molecule has 190 valence electrons. The summed E-state index contributed by atoms with van der Waals surface area (Å²) in [6, 6.07) is 7.39. The molecular formula is C25H29N5O4S2. The van der Waals surface area contributed by atoms with Crippen LogP contribution in [0.5, 0.6) is 5.75 Å². The van der Waals surface area contributed by atoms with E-state index in [1.165, 1.54) is 23.1 Å². The number of carbonyl (C=O) groups excluding carboxylic acids is 2. The van der Waals surface area contributed by atoms with E-state index in [0.29, 0.717) is 48.4 Å². The van der Waals surface area contributed by atoms with Crippen LogP contribution in [0.25, 0.3) is 0 Å². The summed E-state index contributed by atoms with van der Waals surface area (Å²) in [5.74, 6) is 1.09. The fourth-order valence-electron chi connectivity index (χ4n) is 3.98. The SMILES string of the molecule is COc1cc(C)c(Sc2cnc(Nc3cc(CO)cc(C)n3)s2)cc1C(=O)N1CCN(C(C)=O)CC1.